The van der Waals surface area contributed by atoms with Gasteiger partial charge in [0.05, 0.1) is 22.9 Å². The van der Waals surface area contributed by atoms with E-state index >= 15 is 0 Å². The number of nitrogens with two attached hydrogens (primary N) is 1. The molecule has 3 heterocycles. The minimum Gasteiger partial charge on any atom is -0.383 e. The number of nitrogen functional groups attached to an aromatic ring is 1. The molecule has 9 nitrogen and oxygen atoms in total. The summed E-state index contributed by atoms with van der Waals surface area (Å²) >= 11 is 0. The summed E-state index contributed by atoms with van der Waals surface area (Å²) in [6.07, 6.45) is 6.24. The zero-order chi connectivity index (χ0) is 24.6. The van der Waals surface area contributed by atoms with Gasteiger partial charge in [-0.15, -0.1) is 0 Å². The first-order valence-corrected chi connectivity index (χ1v) is 11.0. The second kappa shape index (κ2) is 8.50. The van der Waals surface area contributed by atoms with Gasteiger partial charge in [0, 0.05) is 29.5 Å². The summed E-state index contributed by atoms with van der Waals surface area (Å²) in [5.74, 6) is -1.13. The molecule has 0 bridgehead atoms. The lowest BCUT2D eigenvalue weighted by Crippen LogP contribution is -2.42. The van der Waals surface area contributed by atoms with Crippen molar-refractivity contribution in [2.75, 3.05) is 11.1 Å². The molecule has 172 valence electrons. The second-order valence-electron chi connectivity index (χ2n) is 8.52. The van der Waals surface area contributed by atoms with Crippen LogP contribution in [0.2, 0.25) is 0 Å². The van der Waals surface area contributed by atoms with E-state index in [1.54, 1.807) is 36.7 Å². The number of nitrogens with one attached hydrogen (secondary N) is 2. The molecule has 3 aromatic heterocycles. The first kappa shape index (κ1) is 22.0. The molecule has 1 aromatic carbocycles. The smallest absolute Gasteiger partial charge is 0.314 e. The minimum absolute atomic E-state index is 0.208. The third kappa shape index (κ3) is 4.13. The Morgan fingerprint density at radius 1 is 1.11 bits per heavy atom. The summed E-state index contributed by atoms with van der Waals surface area (Å²) in [7, 11) is 0. The highest BCUT2D eigenvalue weighted by atomic mass is 16.2. The number of nitriles is 1. The Morgan fingerprint density at radius 2 is 1.91 bits per heavy atom. The number of carbonyl (C=O) groups is 2. The van der Waals surface area contributed by atoms with Gasteiger partial charge in [-0.3, -0.25) is 14.6 Å². The summed E-state index contributed by atoms with van der Waals surface area (Å²) in [6, 6.07) is 14.6. The highest BCUT2D eigenvalue weighted by Gasteiger charge is 2.47. The Labute approximate surface area is 201 Å². The van der Waals surface area contributed by atoms with Crippen LogP contribution < -0.4 is 16.4 Å². The molecule has 0 spiro atoms. The SMILES string of the molecule is Cc1ccncc1-c1cc2cc(NC(=O)C(=O)NC3(c4ccccc4C#N)CC3)ncc2c(N)n1. The summed E-state index contributed by atoms with van der Waals surface area (Å²) in [4.78, 5) is 38.2. The van der Waals surface area contributed by atoms with Gasteiger partial charge < -0.3 is 16.4 Å². The van der Waals surface area contributed by atoms with Crippen molar-refractivity contribution in [1.29, 1.82) is 5.26 Å². The van der Waals surface area contributed by atoms with Crippen molar-refractivity contribution < 1.29 is 9.59 Å². The minimum atomic E-state index is -0.845. The fraction of sp³-hybridized carbons (Fsp3) is 0.154. The molecule has 0 atom stereocenters. The van der Waals surface area contributed by atoms with E-state index in [4.69, 9.17) is 5.73 Å². The lowest BCUT2D eigenvalue weighted by atomic mass is 9.99. The molecule has 4 aromatic rings. The summed E-state index contributed by atoms with van der Waals surface area (Å²) in [5.41, 5.74) is 9.14. The van der Waals surface area contributed by atoms with E-state index in [-0.39, 0.29) is 5.82 Å². The number of aromatic nitrogens is 3. The number of hydrogen-bond donors (Lipinski definition) is 3. The van der Waals surface area contributed by atoms with E-state index in [9.17, 15) is 14.9 Å². The normalized spacial score (nSPS) is 13.6. The molecule has 1 aliphatic carbocycles. The molecule has 5 rings (SSSR count). The molecule has 9 heteroatoms. The third-order valence-electron chi connectivity index (χ3n) is 6.17. The predicted molar refractivity (Wildman–Crippen MR) is 131 cm³/mol. The maximum absolute atomic E-state index is 12.7. The largest absolute Gasteiger partial charge is 0.383 e. The molecule has 0 radical (unpaired) electrons. The van der Waals surface area contributed by atoms with Gasteiger partial charge in [-0.2, -0.15) is 5.26 Å². The molecule has 1 fully saturated rings. The number of hydrogen-bond acceptors (Lipinski definition) is 7. The van der Waals surface area contributed by atoms with Gasteiger partial charge in [-0.25, -0.2) is 9.97 Å². The van der Waals surface area contributed by atoms with Crippen LogP contribution >= 0.6 is 0 Å². The number of pyridine rings is 3. The lowest BCUT2D eigenvalue weighted by molar-refractivity contribution is -0.136. The number of fused-ring (bicyclic) bond motifs is 1. The van der Waals surface area contributed by atoms with E-state index in [2.05, 4.69) is 31.7 Å². The molecular weight excluding hydrogens is 442 g/mol. The van der Waals surface area contributed by atoms with Gasteiger partial charge >= 0.3 is 11.8 Å². The molecule has 0 saturated heterocycles. The topological polar surface area (TPSA) is 147 Å². The first-order valence-electron chi connectivity index (χ1n) is 11.0. The van der Waals surface area contributed by atoms with Gasteiger partial charge in [0.2, 0.25) is 0 Å². The number of amides is 2. The van der Waals surface area contributed by atoms with Gasteiger partial charge in [-0.05, 0) is 60.5 Å². The third-order valence-corrected chi connectivity index (χ3v) is 6.17. The van der Waals surface area contributed by atoms with Crippen LogP contribution in [-0.2, 0) is 15.1 Å². The number of rotatable bonds is 4. The second-order valence-corrected chi connectivity index (χ2v) is 8.52. The van der Waals surface area contributed by atoms with Crippen molar-refractivity contribution in [3.63, 3.8) is 0 Å². The van der Waals surface area contributed by atoms with Gasteiger partial charge in [0.15, 0.2) is 0 Å². The van der Waals surface area contributed by atoms with Crippen LogP contribution in [0.25, 0.3) is 22.0 Å². The molecule has 1 saturated carbocycles. The number of anilines is 2. The van der Waals surface area contributed by atoms with Gasteiger partial charge in [0.1, 0.15) is 11.6 Å². The zero-order valence-corrected chi connectivity index (χ0v) is 18.9. The summed E-state index contributed by atoms with van der Waals surface area (Å²) in [5, 5.41) is 16.1. The first-order chi connectivity index (χ1) is 16.9. The average molecular weight is 464 g/mol. The van der Waals surface area contributed by atoms with Crippen LogP contribution in [0, 0.1) is 18.3 Å². The van der Waals surface area contributed by atoms with Crippen molar-refractivity contribution in [1.82, 2.24) is 20.3 Å². The molecule has 2 amide bonds. The maximum atomic E-state index is 12.7. The van der Waals surface area contributed by atoms with E-state index < -0.39 is 17.4 Å². The summed E-state index contributed by atoms with van der Waals surface area (Å²) in [6.45, 7) is 1.96. The van der Waals surface area contributed by atoms with Crippen LogP contribution in [0.15, 0.2) is 61.1 Å². The van der Waals surface area contributed by atoms with E-state index in [1.165, 1.54) is 6.20 Å². The van der Waals surface area contributed by atoms with E-state index in [1.807, 2.05) is 25.1 Å². The highest BCUT2D eigenvalue weighted by molar-refractivity contribution is 6.39. The Morgan fingerprint density at radius 3 is 2.66 bits per heavy atom. The van der Waals surface area contributed by atoms with Crippen LogP contribution in [0.5, 0.6) is 0 Å². The molecule has 4 N–H and O–H groups in total. The van der Waals surface area contributed by atoms with Gasteiger partial charge in [0.25, 0.3) is 0 Å². The lowest BCUT2D eigenvalue weighted by Gasteiger charge is -2.18. The van der Waals surface area contributed by atoms with Crippen LogP contribution in [0.3, 0.4) is 0 Å². The van der Waals surface area contributed by atoms with Gasteiger partial charge in [-0.1, -0.05) is 18.2 Å². The monoisotopic (exact) mass is 463 g/mol. The van der Waals surface area contributed by atoms with E-state index in [0.29, 0.717) is 46.3 Å². The number of aryl methyl sites for hydroxylation is 1. The predicted octanol–water partition coefficient (Wildman–Crippen LogP) is 3.20. The molecule has 0 aliphatic heterocycles. The van der Waals surface area contributed by atoms with Crippen molar-refractivity contribution in [2.24, 2.45) is 0 Å². The van der Waals surface area contributed by atoms with Crippen molar-refractivity contribution in [3.05, 3.63) is 77.7 Å². The quantitative estimate of drug-likeness (QED) is 0.394. The van der Waals surface area contributed by atoms with Crippen molar-refractivity contribution in [2.45, 2.75) is 25.3 Å². The zero-order valence-electron chi connectivity index (χ0n) is 18.9. The number of benzene rings is 1. The molecule has 1 aliphatic rings. The van der Waals surface area contributed by atoms with E-state index in [0.717, 1.165) is 11.1 Å². The Bertz CT molecular complexity index is 1540. The Balaban J connectivity index is 1.37. The Kier molecular flexibility index (Phi) is 5.34. The van der Waals surface area contributed by atoms with Crippen molar-refractivity contribution >= 4 is 34.2 Å². The van der Waals surface area contributed by atoms with Crippen LogP contribution in [-0.4, -0.2) is 26.8 Å². The van der Waals surface area contributed by atoms with Crippen molar-refractivity contribution in [3.8, 4) is 17.3 Å². The standard InChI is InChI=1S/C26H21N7O2/c1-15-6-9-29-13-18(15)21-10-17-11-22(30-14-19(17)23(28)31-21)32-24(34)25(35)33-26(7-8-26)20-5-3-2-4-16(20)12-27/h2-6,9-11,13-14H,7-8H2,1H3,(H2,28,31)(H,33,35)(H,30,32,34). The molecule has 35 heavy (non-hydrogen) atoms. The molecular formula is C26H21N7O2. The Hall–Kier alpha value is -4.84. The van der Waals surface area contributed by atoms with Crippen LogP contribution in [0.1, 0.15) is 29.5 Å². The van der Waals surface area contributed by atoms with Crippen LogP contribution in [0.4, 0.5) is 11.6 Å². The fourth-order valence-electron chi connectivity index (χ4n) is 4.14. The maximum Gasteiger partial charge on any atom is 0.314 e. The fourth-order valence-corrected chi connectivity index (χ4v) is 4.14. The number of carbonyl (C=O) groups excluding carboxylic acids is 2. The molecule has 0 unspecified atom stereocenters. The average Bonchev–Trinajstić information content (AvgIpc) is 3.64. The summed E-state index contributed by atoms with van der Waals surface area (Å²) < 4.78 is 0. The number of nitrogens with zero attached hydrogens (tertiary/aromatic N) is 4. The highest BCUT2D eigenvalue weighted by Crippen LogP contribution is 2.46.